The van der Waals surface area contributed by atoms with Crippen molar-refractivity contribution in [3.05, 3.63) is 45.6 Å². The van der Waals surface area contributed by atoms with Gasteiger partial charge in [-0.2, -0.15) is 0 Å². The molecule has 1 aliphatic rings. The molecule has 20 heavy (non-hydrogen) atoms. The van der Waals surface area contributed by atoms with E-state index in [0.717, 1.165) is 17.7 Å². The molecule has 0 unspecified atom stereocenters. The molecule has 1 N–H and O–H groups in total. The summed E-state index contributed by atoms with van der Waals surface area (Å²) in [5, 5.41) is 9.51. The average molecular weight is 287 g/mol. The van der Waals surface area contributed by atoms with Crippen LogP contribution < -0.4 is 4.90 Å². The first-order valence-electron chi connectivity index (χ1n) is 6.84. The van der Waals surface area contributed by atoms with Gasteiger partial charge in [-0.15, -0.1) is 11.3 Å². The maximum absolute atomic E-state index is 12.5. The summed E-state index contributed by atoms with van der Waals surface area (Å²) >= 11 is 1.62. The lowest BCUT2D eigenvalue weighted by Crippen LogP contribution is -2.25. The number of aryl methyl sites for hydroxylation is 2. The van der Waals surface area contributed by atoms with E-state index in [1.807, 2.05) is 12.1 Å². The SMILES string of the molecule is CN(C(=O)c1cc2c(s1)CCCC2)c1cccc(O)c1. The Labute approximate surface area is 122 Å². The van der Waals surface area contributed by atoms with E-state index in [1.54, 1.807) is 41.5 Å². The van der Waals surface area contributed by atoms with Crippen molar-refractivity contribution >= 4 is 22.9 Å². The van der Waals surface area contributed by atoms with Crippen molar-refractivity contribution in [1.82, 2.24) is 0 Å². The highest BCUT2D eigenvalue weighted by atomic mass is 32.1. The van der Waals surface area contributed by atoms with Crippen molar-refractivity contribution in [1.29, 1.82) is 0 Å². The van der Waals surface area contributed by atoms with Crippen molar-refractivity contribution in [3.8, 4) is 5.75 Å². The summed E-state index contributed by atoms with van der Waals surface area (Å²) in [5.74, 6) is 0.169. The molecule has 4 heteroatoms. The third-order valence-electron chi connectivity index (χ3n) is 3.73. The van der Waals surface area contributed by atoms with E-state index < -0.39 is 0 Å². The number of fused-ring (bicyclic) bond motifs is 1. The lowest BCUT2D eigenvalue weighted by molar-refractivity contribution is 0.0997. The minimum Gasteiger partial charge on any atom is -0.508 e. The van der Waals surface area contributed by atoms with Gasteiger partial charge in [-0.1, -0.05) is 6.07 Å². The average Bonchev–Trinajstić information content (AvgIpc) is 2.89. The number of rotatable bonds is 2. The molecule has 0 bridgehead atoms. The Bertz CT molecular complexity index is 624. The molecule has 1 aliphatic carbocycles. The molecule has 104 valence electrons. The molecule has 1 aromatic carbocycles. The van der Waals surface area contributed by atoms with E-state index in [4.69, 9.17) is 0 Å². The fraction of sp³-hybridized carbons (Fsp3) is 0.312. The zero-order valence-corrected chi connectivity index (χ0v) is 12.2. The van der Waals surface area contributed by atoms with E-state index in [0.29, 0.717) is 5.69 Å². The second kappa shape index (κ2) is 5.29. The molecule has 0 radical (unpaired) electrons. The maximum Gasteiger partial charge on any atom is 0.268 e. The highest BCUT2D eigenvalue weighted by Gasteiger charge is 2.20. The van der Waals surface area contributed by atoms with Gasteiger partial charge in [-0.3, -0.25) is 4.79 Å². The van der Waals surface area contributed by atoms with E-state index in [2.05, 4.69) is 0 Å². The highest BCUT2D eigenvalue weighted by Crippen LogP contribution is 2.31. The first-order chi connectivity index (χ1) is 9.65. The van der Waals surface area contributed by atoms with Gasteiger partial charge >= 0.3 is 0 Å². The molecule has 0 saturated carbocycles. The monoisotopic (exact) mass is 287 g/mol. The first kappa shape index (κ1) is 13.2. The van der Waals surface area contributed by atoms with Gasteiger partial charge in [0.2, 0.25) is 0 Å². The Hall–Kier alpha value is -1.81. The van der Waals surface area contributed by atoms with Gasteiger partial charge in [-0.25, -0.2) is 0 Å². The molecule has 0 fully saturated rings. The zero-order valence-electron chi connectivity index (χ0n) is 11.4. The first-order valence-corrected chi connectivity index (χ1v) is 7.65. The maximum atomic E-state index is 12.5. The van der Waals surface area contributed by atoms with Crippen LogP contribution in [-0.2, 0) is 12.8 Å². The quantitative estimate of drug-likeness (QED) is 0.916. The van der Waals surface area contributed by atoms with E-state index in [-0.39, 0.29) is 11.7 Å². The number of thiophene rings is 1. The molecule has 0 spiro atoms. The van der Waals surface area contributed by atoms with Crippen molar-refractivity contribution in [2.24, 2.45) is 0 Å². The summed E-state index contributed by atoms with van der Waals surface area (Å²) in [6.45, 7) is 0. The van der Waals surface area contributed by atoms with E-state index in [9.17, 15) is 9.90 Å². The van der Waals surface area contributed by atoms with Crippen molar-refractivity contribution < 1.29 is 9.90 Å². The van der Waals surface area contributed by atoms with Gasteiger partial charge in [0.25, 0.3) is 5.91 Å². The number of hydrogen-bond donors (Lipinski definition) is 1. The molecule has 0 aliphatic heterocycles. The van der Waals surface area contributed by atoms with Crippen LogP contribution >= 0.6 is 11.3 Å². The number of hydrogen-bond acceptors (Lipinski definition) is 3. The van der Waals surface area contributed by atoms with Gasteiger partial charge in [0, 0.05) is 23.7 Å². The number of benzene rings is 1. The lowest BCUT2D eigenvalue weighted by atomic mass is 9.99. The lowest BCUT2D eigenvalue weighted by Gasteiger charge is -2.16. The number of aromatic hydroxyl groups is 1. The predicted molar refractivity (Wildman–Crippen MR) is 81.8 cm³/mol. The molecule has 0 saturated heterocycles. The summed E-state index contributed by atoms with van der Waals surface area (Å²) in [7, 11) is 1.75. The molecule has 0 atom stereocenters. The van der Waals surface area contributed by atoms with Gasteiger partial charge in [0.15, 0.2) is 0 Å². The van der Waals surface area contributed by atoms with Crippen LogP contribution in [0.25, 0.3) is 0 Å². The van der Waals surface area contributed by atoms with Gasteiger partial charge in [-0.05, 0) is 49.4 Å². The third-order valence-corrected chi connectivity index (χ3v) is 4.95. The Morgan fingerprint density at radius 2 is 2.05 bits per heavy atom. The number of nitrogens with zero attached hydrogens (tertiary/aromatic N) is 1. The number of phenols is 1. The Morgan fingerprint density at radius 1 is 1.25 bits per heavy atom. The van der Waals surface area contributed by atoms with Crippen LogP contribution in [0.4, 0.5) is 5.69 Å². The smallest absolute Gasteiger partial charge is 0.268 e. The number of carbonyl (C=O) groups excluding carboxylic acids is 1. The topological polar surface area (TPSA) is 40.5 Å². The summed E-state index contributed by atoms with van der Waals surface area (Å²) in [6, 6.07) is 8.82. The van der Waals surface area contributed by atoms with Gasteiger partial charge in [0.1, 0.15) is 5.75 Å². The van der Waals surface area contributed by atoms with Crippen LogP contribution in [0.2, 0.25) is 0 Å². The Balaban J connectivity index is 1.86. The van der Waals surface area contributed by atoms with Crippen LogP contribution in [0.3, 0.4) is 0 Å². The Kier molecular flexibility index (Phi) is 3.49. The van der Waals surface area contributed by atoms with Crippen LogP contribution in [0.15, 0.2) is 30.3 Å². The second-order valence-corrected chi connectivity index (χ2v) is 6.29. The van der Waals surface area contributed by atoms with Crippen molar-refractivity contribution in [3.63, 3.8) is 0 Å². The molecule has 1 heterocycles. The van der Waals surface area contributed by atoms with Gasteiger partial charge in [0.05, 0.1) is 4.88 Å². The molecule has 3 nitrogen and oxygen atoms in total. The standard InChI is InChI=1S/C16H17NO2S/c1-17(12-6-4-7-13(18)10-12)16(19)15-9-11-5-2-3-8-14(11)20-15/h4,6-7,9-10,18H,2-3,5,8H2,1H3. The van der Waals surface area contributed by atoms with Gasteiger partial charge < -0.3 is 10.0 Å². The highest BCUT2D eigenvalue weighted by molar-refractivity contribution is 7.14. The van der Waals surface area contributed by atoms with E-state index >= 15 is 0 Å². The molecule has 2 aromatic rings. The minimum atomic E-state index is -0.00463. The van der Waals surface area contributed by atoms with Crippen molar-refractivity contribution in [2.45, 2.75) is 25.7 Å². The number of amides is 1. The summed E-state index contributed by atoms with van der Waals surface area (Å²) < 4.78 is 0. The van der Waals surface area contributed by atoms with Crippen molar-refractivity contribution in [2.75, 3.05) is 11.9 Å². The molecular formula is C16H17NO2S. The number of carbonyl (C=O) groups is 1. The molecular weight excluding hydrogens is 270 g/mol. The van der Waals surface area contributed by atoms with Crippen LogP contribution in [-0.4, -0.2) is 18.1 Å². The summed E-state index contributed by atoms with van der Waals surface area (Å²) in [4.78, 5) is 16.3. The van der Waals surface area contributed by atoms with Crippen LogP contribution in [0, 0.1) is 0 Å². The zero-order chi connectivity index (χ0) is 14.1. The van der Waals surface area contributed by atoms with Crippen LogP contribution in [0.5, 0.6) is 5.75 Å². The Morgan fingerprint density at radius 3 is 2.80 bits per heavy atom. The van der Waals surface area contributed by atoms with Crippen LogP contribution in [0.1, 0.15) is 33.0 Å². The number of phenolic OH excluding ortho intramolecular Hbond substituents is 1. The normalized spacial score (nSPS) is 13.8. The van der Waals surface area contributed by atoms with E-state index in [1.165, 1.54) is 23.3 Å². The number of anilines is 1. The summed E-state index contributed by atoms with van der Waals surface area (Å²) in [5.41, 5.74) is 2.05. The minimum absolute atomic E-state index is 0.00463. The fourth-order valence-corrected chi connectivity index (χ4v) is 3.81. The molecule has 1 amide bonds. The predicted octanol–water partition coefficient (Wildman–Crippen LogP) is 3.61. The second-order valence-electron chi connectivity index (χ2n) is 5.15. The third kappa shape index (κ3) is 2.43. The fourth-order valence-electron chi connectivity index (χ4n) is 2.58. The largest absolute Gasteiger partial charge is 0.508 e. The molecule has 3 rings (SSSR count). The summed E-state index contributed by atoms with van der Waals surface area (Å²) in [6.07, 6.45) is 4.64. The molecule has 1 aromatic heterocycles.